The number of aromatic nitrogens is 1. The van der Waals surface area contributed by atoms with Gasteiger partial charge in [-0.3, -0.25) is 0 Å². The predicted molar refractivity (Wildman–Crippen MR) is 96.2 cm³/mol. The molecule has 0 saturated carbocycles. The van der Waals surface area contributed by atoms with Gasteiger partial charge in [0.2, 0.25) is 0 Å². The van der Waals surface area contributed by atoms with Gasteiger partial charge < -0.3 is 10.6 Å². The molecule has 0 aliphatic heterocycles. The molecule has 0 saturated heterocycles. The maximum atomic E-state index is 6.32. The summed E-state index contributed by atoms with van der Waals surface area (Å²) >= 11 is 11.5. The van der Waals surface area contributed by atoms with Crippen molar-refractivity contribution in [3.63, 3.8) is 0 Å². The molecular weight excluding hydrogens is 314 g/mol. The third kappa shape index (κ3) is 3.03. The van der Waals surface area contributed by atoms with Crippen LogP contribution in [0.2, 0.25) is 5.15 Å². The van der Waals surface area contributed by atoms with Gasteiger partial charge in [-0.05, 0) is 36.5 Å². The maximum Gasteiger partial charge on any atom is 0.171 e. The number of nitrogens with zero attached hydrogens (tertiary/aromatic N) is 2. The van der Waals surface area contributed by atoms with E-state index in [9.17, 15) is 0 Å². The number of halogens is 1. The Bertz CT molecular complexity index is 821. The Kier molecular flexibility index (Phi) is 4.22. The SMILES string of the molecule is NC(=S)N(Cc1cc2ccccc2nc1Cl)c1ccccc1. The normalized spacial score (nSPS) is 10.6. The van der Waals surface area contributed by atoms with Crippen LogP contribution in [0.25, 0.3) is 10.9 Å². The van der Waals surface area contributed by atoms with E-state index in [4.69, 9.17) is 29.6 Å². The van der Waals surface area contributed by atoms with Crippen LogP contribution in [0, 0.1) is 0 Å². The summed E-state index contributed by atoms with van der Waals surface area (Å²) in [6.07, 6.45) is 0. The molecule has 0 bridgehead atoms. The van der Waals surface area contributed by atoms with E-state index in [1.807, 2.05) is 65.6 Å². The largest absolute Gasteiger partial charge is 0.376 e. The first-order valence-corrected chi connectivity index (χ1v) is 7.60. The van der Waals surface area contributed by atoms with Gasteiger partial charge in [-0.1, -0.05) is 48.0 Å². The van der Waals surface area contributed by atoms with Crippen LogP contribution in [0.3, 0.4) is 0 Å². The Hall–Kier alpha value is -2.17. The van der Waals surface area contributed by atoms with Crippen molar-refractivity contribution in [1.82, 2.24) is 4.98 Å². The summed E-state index contributed by atoms with van der Waals surface area (Å²) in [7, 11) is 0. The zero-order valence-electron chi connectivity index (χ0n) is 11.7. The smallest absolute Gasteiger partial charge is 0.171 e. The van der Waals surface area contributed by atoms with Crippen LogP contribution in [0.5, 0.6) is 0 Å². The van der Waals surface area contributed by atoms with Crippen molar-refractivity contribution in [3.8, 4) is 0 Å². The zero-order valence-corrected chi connectivity index (χ0v) is 13.3. The Morgan fingerprint density at radius 2 is 1.77 bits per heavy atom. The van der Waals surface area contributed by atoms with Gasteiger partial charge in [0.15, 0.2) is 5.11 Å². The van der Waals surface area contributed by atoms with E-state index in [1.54, 1.807) is 0 Å². The molecule has 0 unspecified atom stereocenters. The zero-order chi connectivity index (χ0) is 15.5. The summed E-state index contributed by atoms with van der Waals surface area (Å²) in [5.74, 6) is 0. The topological polar surface area (TPSA) is 42.1 Å². The first-order chi connectivity index (χ1) is 10.6. The molecular formula is C17H14ClN3S. The van der Waals surface area contributed by atoms with Gasteiger partial charge in [-0.15, -0.1) is 0 Å². The van der Waals surface area contributed by atoms with Crippen LogP contribution in [0.4, 0.5) is 5.69 Å². The minimum atomic E-state index is 0.301. The van der Waals surface area contributed by atoms with Crippen molar-refractivity contribution in [2.24, 2.45) is 5.73 Å². The van der Waals surface area contributed by atoms with Gasteiger partial charge in [0.25, 0.3) is 0 Å². The quantitative estimate of drug-likeness (QED) is 0.580. The van der Waals surface area contributed by atoms with Gasteiger partial charge in [-0.2, -0.15) is 0 Å². The van der Waals surface area contributed by atoms with Crippen molar-refractivity contribution in [3.05, 3.63) is 71.4 Å². The number of para-hydroxylation sites is 2. The maximum absolute atomic E-state index is 6.32. The minimum Gasteiger partial charge on any atom is -0.376 e. The average Bonchev–Trinajstić information content (AvgIpc) is 2.53. The summed E-state index contributed by atoms with van der Waals surface area (Å²) in [4.78, 5) is 6.28. The fourth-order valence-corrected chi connectivity index (χ4v) is 2.70. The number of nitrogens with two attached hydrogens (primary N) is 1. The second-order valence-electron chi connectivity index (χ2n) is 4.89. The summed E-state index contributed by atoms with van der Waals surface area (Å²) < 4.78 is 0. The number of hydrogen-bond donors (Lipinski definition) is 1. The molecule has 0 aliphatic rings. The summed E-state index contributed by atoms with van der Waals surface area (Å²) in [5.41, 5.74) is 8.56. The van der Waals surface area contributed by atoms with E-state index < -0.39 is 0 Å². The van der Waals surface area contributed by atoms with Crippen molar-refractivity contribution in [2.75, 3.05) is 4.90 Å². The molecule has 22 heavy (non-hydrogen) atoms. The first-order valence-electron chi connectivity index (χ1n) is 6.81. The fourth-order valence-electron chi connectivity index (χ4n) is 2.32. The predicted octanol–water partition coefficient (Wildman–Crippen LogP) is 4.14. The third-order valence-electron chi connectivity index (χ3n) is 3.41. The van der Waals surface area contributed by atoms with E-state index in [-0.39, 0.29) is 0 Å². The highest BCUT2D eigenvalue weighted by Crippen LogP contribution is 2.24. The van der Waals surface area contributed by atoms with Gasteiger partial charge >= 0.3 is 0 Å². The lowest BCUT2D eigenvalue weighted by Gasteiger charge is -2.23. The second kappa shape index (κ2) is 6.30. The van der Waals surface area contributed by atoms with Crippen LogP contribution in [0.15, 0.2) is 60.7 Å². The molecule has 0 spiro atoms. The van der Waals surface area contributed by atoms with Crippen molar-refractivity contribution < 1.29 is 0 Å². The number of thiocarbonyl (C=S) groups is 1. The van der Waals surface area contributed by atoms with Crippen molar-refractivity contribution in [1.29, 1.82) is 0 Å². The number of fused-ring (bicyclic) bond motifs is 1. The third-order valence-corrected chi connectivity index (χ3v) is 3.96. The van der Waals surface area contributed by atoms with Gasteiger partial charge in [0, 0.05) is 16.6 Å². The molecule has 0 amide bonds. The lowest BCUT2D eigenvalue weighted by molar-refractivity contribution is 1.00. The van der Waals surface area contributed by atoms with Gasteiger partial charge in [0.05, 0.1) is 12.1 Å². The molecule has 5 heteroatoms. The highest BCUT2D eigenvalue weighted by Gasteiger charge is 2.13. The van der Waals surface area contributed by atoms with Crippen molar-refractivity contribution in [2.45, 2.75) is 6.54 Å². The molecule has 1 aromatic heterocycles. The standard InChI is InChI=1S/C17H14ClN3S/c18-16-13(10-12-6-4-5-9-15(12)20-16)11-21(17(19)22)14-7-2-1-3-8-14/h1-10H,11H2,(H2,19,22). The molecule has 3 nitrogen and oxygen atoms in total. The number of benzene rings is 2. The van der Waals surface area contributed by atoms with E-state index in [1.165, 1.54) is 0 Å². The molecule has 2 aromatic carbocycles. The molecule has 0 aliphatic carbocycles. The van der Waals surface area contributed by atoms with E-state index >= 15 is 0 Å². The van der Waals surface area contributed by atoms with E-state index in [0.29, 0.717) is 16.8 Å². The van der Waals surface area contributed by atoms with Gasteiger partial charge in [0.1, 0.15) is 5.15 Å². The first kappa shape index (κ1) is 14.8. The van der Waals surface area contributed by atoms with Crippen LogP contribution in [-0.4, -0.2) is 10.1 Å². The minimum absolute atomic E-state index is 0.301. The molecule has 0 radical (unpaired) electrons. The summed E-state index contributed by atoms with van der Waals surface area (Å²) in [5, 5.41) is 1.81. The Morgan fingerprint density at radius 3 is 2.50 bits per heavy atom. The fraction of sp³-hybridized carbons (Fsp3) is 0.0588. The summed E-state index contributed by atoms with van der Waals surface area (Å²) in [6.45, 7) is 0.482. The molecule has 3 rings (SSSR count). The summed E-state index contributed by atoms with van der Waals surface area (Å²) in [6, 6.07) is 19.7. The van der Waals surface area contributed by atoms with E-state index in [0.717, 1.165) is 22.2 Å². The van der Waals surface area contributed by atoms with E-state index in [2.05, 4.69) is 4.98 Å². The molecule has 1 heterocycles. The van der Waals surface area contributed by atoms with Crippen LogP contribution < -0.4 is 10.6 Å². The van der Waals surface area contributed by atoms with Crippen LogP contribution in [-0.2, 0) is 6.54 Å². The highest BCUT2D eigenvalue weighted by molar-refractivity contribution is 7.80. The number of pyridine rings is 1. The van der Waals surface area contributed by atoms with Crippen molar-refractivity contribution >= 4 is 45.5 Å². The molecule has 3 aromatic rings. The average molecular weight is 328 g/mol. The molecule has 0 atom stereocenters. The molecule has 110 valence electrons. The monoisotopic (exact) mass is 327 g/mol. The van der Waals surface area contributed by atoms with Crippen LogP contribution >= 0.6 is 23.8 Å². The highest BCUT2D eigenvalue weighted by atomic mass is 35.5. The number of rotatable bonds is 3. The molecule has 2 N–H and O–H groups in total. The lowest BCUT2D eigenvalue weighted by atomic mass is 10.1. The Balaban J connectivity index is 2.00. The van der Waals surface area contributed by atoms with Crippen LogP contribution in [0.1, 0.15) is 5.56 Å². The Labute approximate surface area is 139 Å². The Morgan fingerprint density at radius 1 is 1.09 bits per heavy atom. The lowest BCUT2D eigenvalue weighted by Crippen LogP contribution is -2.35. The second-order valence-corrected chi connectivity index (χ2v) is 5.67. The molecule has 0 fully saturated rings. The van der Waals surface area contributed by atoms with Gasteiger partial charge in [-0.25, -0.2) is 4.98 Å². The number of anilines is 1. The number of hydrogen-bond acceptors (Lipinski definition) is 2.